The quantitative estimate of drug-likeness (QED) is 0.579. The highest BCUT2D eigenvalue weighted by molar-refractivity contribution is 5.72. The molecular formula is C20H14N2O3. The van der Waals surface area contributed by atoms with Crippen LogP contribution in [0.3, 0.4) is 0 Å². The van der Waals surface area contributed by atoms with Gasteiger partial charge in [-0.15, -0.1) is 0 Å². The van der Waals surface area contributed by atoms with E-state index in [1.54, 1.807) is 18.3 Å². The predicted octanol–water partition coefficient (Wildman–Crippen LogP) is 3.07. The predicted molar refractivity (Wildman–Crippen MR) is 95.5 cm³/mol. The molecule has 0 radical (unpaired) electrons. The van der Waals surface area contributed by atoms with Gasteiger partial charge in [0.25, 0.3) is 0 Å². The Balaban J connectivity index is 1.73. The van der Waals surface area contributed by atoms with Crippen LogP contribution in [0.1, 0.15) is 5.56 Å². The van der Waals surface area contributed by atoms with Gasteiger partial charge in [0.2, 0.25) is 0 Å². The van der Waals surface area contributed by atoms with Gasteiger partial charge >= 0.3 is 11.4 Å². The fourth-order valence-electron chi connectivity index (χ4n) is 2.80. The third-order valence-electron chi connectivity index (χ3n) is 4.06. The van der Waals surface area contributed by atoms with Gasteiger partial charge in [-0.05, 0) is 28.8 Å². The van der Waals surface area contributed by atoms with Crippen LogP contribution in [-0.2, 0) is 6.54 Å². The van der Waals surface area contributed by atoms with Gasteiger partial charge in [0.1, 0.15) is 5.39 Å². The maximum atomic E-state index is 12.1. The van der Waals surface area contributed by atoms with Crippen LogP contribution >= 0.6 is 0 Å². The van der Waals surface area contributed by atoms with Crippen LogP contribution in [0.15, 0.2) is 86.9 Å². The third kappa shape index (κ3) is 2.87. The summed E-state index contributed by atoms with van der Waals surface area (Å²) in [6.45, 7) is 0.283. The summed E-state index contributed by atoms with van der Waals surface area (Å²) in [6.07, 6.45) is 1.55. The second kappa shape index (κ2) is 6.20. The Kier molecular flexibility index (Phi) is 3.74. The van der Waals surface area contributed by atoms with E-state index in [2.05, 4.69) is 4.98 Å². The van der Waals surface area contributed by atoms with E-state index in [-0.39, 0.29) is 6.54 Å². The van der Waals surface area contributed by atoms with E-state index in [1.807, 2.05) is 54.6 Å². The fraction of sp³-hybridized carbons (Fsp3) is 0.0500. The highest BCUT2D eigenvalue weighted by Crippen LogP contribution is 2.19. The Hall–Kier alpha value is -3.47. The first kappa shape index (κ1) is 15.1. The lowest BCUT2D eigenvalue weighted by atomic mass is 10.0. The molecule has 0 saturated carbocycles. The molecular weight excluding hydrogens is 316 g/mol. The number of benzene rings is 2. The maximum absolute atomic E-state index is 12.1. The van der Waals surface area contributed by atoms with Crippen LogP contribution in [-0.4, -0.2) is 9.55 Å². The molecule has 0 aliphatic heterocycles. The number of aromatic nitrogens is 2. The van der Waals surface area contributed by atoms with E-state index in [0.717, 1.165) is 16.7 Å². The Morgan fingerprint density at radius 2 is 1.56 bits per heavy atom. The first-order valence-corrected chi connectivity index (χ1v) is 7.85. The summed E-state index contributed by atoms with van der Waals surface area (Å²) >= 11 is 0. The summed E-state index contributed by atoms with van der Waals surface area (Å²) in [5.74, 6) is -0.705. The number of fused-ring (bicyclic) bond motifs is 1. The van der Waals surface area contributed by atoms with Crippen LogP contribution in [0.4, 0.5) is 0 Å². The molecule has 4 rings (SSSR count). The minimum atomic E-state index is -0.705. The van der Waals surface area contributed by atoms with Crippen molar-refractivity contribution in [2.75, 3.05) is 0 Å². The lowest BCUT2D eigenvalue weighted by Gasteiger charge is -2.08. The number of rotatable bonds is 3. The van der Waals surface area contributed by atoms with Crippen LogP contribution in [0.25, 0.3) is 22.2 Å². The lowest BCUT2D eigenvalue weighted by molar-refractivity contribution is 0.423. The van der Waals surface area contributed by atoms with Crippen LogP contribution in [0, 0.1) is 0 Å². The topological polar surface area (TPSA) is 65.1 Å². The first-order chi connectivity index (χ1) is 12.2. The van der Waals surface area contributed by atoms with Crippen molar-refractivity contribution < 1.29 is 4.42 Å². The smallest absolute Gasteiger partial charge is 0.372 e. The molecule has 0 fully saturated rings. The first-order valence-electron chi connectivity index (χ1n) is 7.85. The van der Waals surface area contributed by atoms with E-state index in [1.165, 1.54) is 4.57 Å². The number of pyridine rings is 1. The lowest BCUT2D eigenvalue weighted by Crippen LogP contribution is -2.26. The van der Waals surface area contributed by atoms with Gasteiger partial charge in [0.05, 0.1) is 6.54 Å². The zero-order valence-electron chi connectivity index (χ0n) is 13.3. The average Bonchev–Trinajstić information content (AvgIpc) is 2.66. The highest BCUT2D eigenvalue weighted by Gasteiger charge is 2.10. The summed E-state index contributed by atoms with van der Waals surface area (Å²) in [4.78, 5) is 28.1. The molecule has 4 aromatic rings. The Morgan fingerprint density at radius 3 is 2.32 bits per heavy atom. The van der Waals surface area contributed by atoms with Gasteiger partial charge < -0.3 is 4.42 Å². The zero-order valence-corrected chi connectivity index (χ0v) is 13.3. The molecule has 0 saturated heterocycles. The molecule has 0 N–H and O–H groups in total. The van der Waals surface area contributed by atoms with Crippen LogP contribution in [0.2, 0.25) is 0 Å². The highest BCUT2D eigenvalue weighted by atomic mass is 16.4. The second-order valence-electron chi connectivity index (χ2n) is 5.68. The molecule has 5 heteroatoms. The van der Waals surface area contributed by atoms with E-state index in [0.29, 0.717) is 11.0 Å². The summed E-state index contributed by atoms with van der Waals surface area (Å²) in [6, 6.07) is 21.2. The summed E-state index contributed by atoms with van der Waals surface area (Å²) in [5, 5.41) is 0.294. The minimum absolute atomic E-state index is 0.283. The number of nitrogens with zero attached hydrogens (tertiary/aromatic N) is 2. The van der Waals surface area contributed by atoms with Crippen LogP contribution < -0.4 is 11.4 Å². The Bertz CT molecular complexity index is 1140. The van der Waals surface area contributed by atoms with Crippen molar-refractivity contribution in [1.29, 1.82) is 0 Å². The van der Waals surface area contributed by atoms with Gasteiger partial charge in [0, 0.05) is 6.20 Å². The van der Waals surface area contributed by atoms with E-state index >= 15 is 0 Å². The molecule has 0 atom stereocenters. The molecule has 0 unspecified atom stereocenters. The van der Waals surface area contributed by atoms with Gasteiger partial charge in [-0.3, -0.25) is 4.57 Å². The van der Waals surface area contributed by atoms with Crippen molar-refractivity contribution in [3.8, 4) is 11.1 Å². The molecule has 122 valence electrons. The molecule has 0 aliphatic rings. The van der Waals surface area contributed by atoms with Crippen molar-refractivity contribution in [3.63, 3.8) is 0 Å². The van der Waals surface area contributed by atoms with Gasteiger partial charge in [-0.2, -0.15) is 0 Å². The summed E-state index contributed by atoms with van der Waals surface area (Å²) in [5.41, 5.74) is 2.81. The largest absolute Gasteiger partial charge is 0.423 e. The second-order valence-corrected chi connectivity index (χ2v) is 5.68. The number of hydrogen-bond donors (Lipinski definition) is 0. The van der Waals surface area contributed by atoms with Gasteiger partial charge in [-0.25, -0.2) is 14.6 Å². The Morgan fingerprint density at radius 1 is 0.840 bits per heavy atom. The standard InChI is InChI=1S/C20H14N2O3/c23-19-17-7-4-12-21-18(17)22(20(24)25-19)13-14-8-10-16(11-9-14)15-5-2-1-3-6-15/h1-12H,13H2. The molecule has 5 nitrogen and oxygen atoms in total. The van der Waals surface area contributed by atoms with Crippen molar-refractivity contribution in [2.24, 2.45) is 0 Å². The number of hydrogen-bond acceptors (Lipinski definition) is 4. The van der Waals surface area contributed by atoms with Gasteiger partial charge in [0.15, 0.2) is 5.65 Å². The molecule has 2 aromatic heterocycles. The molecule has 2 aromatic carbocycles. The monoisotopic (exact) mass is 330 g/mol. The minimum Gasteiger partial charge on any atom is -0.372 e. The van der Waals surface area contributed by atoms with Crippen molar-refractivity contribution >= 4 is 11.0 Å². The molecule has 0 aliphatic carbocycles. The summed E-state index contributed by atoms with van der Waals surface area (Å²) in [7, 11) is 0. The summed E-state index contributed by atoms with van der Waals surface area (Å²) < 4.78 is 6.17. The van der Waals surface area contributed by atoms with E-state index < -0.39 is 11.4 Å². The van der Waals surface area contributed by atoms with Crippen LogP contribution in [0.5, 0.6) is 0 Å². The Labute approximate surface area is 142 Å². The molecule has 0 amide bonds. The van der Waals surface area contributed by atoms with Gasteiger partial charge in [-0.1, -0.05) is 54.6 Å². The maximum Gasteiger partial charge on any atom is 0.423 e. The van der Waals surface area contributed by atoms with E-state index in [4.69, 9.17) is 4.42 Å². The molecule has 2 heterocycles. The van der Waals surface area contributed by atoms with Crippen molar-refractivity contribution in [3.05, 3.63) is 99.5 Å². The molecule has 25 heavy (non-hydrogen) atoms. The fourth-order valence-corrected chi connectivity index (χ4v) is 2.80. The SMILES string of the molecule is O=c1oc(=O)n(Cc2ccc(-c3ccccc3)cc2)c2ncccc12. The molecule has 0 spiro atoms. The zero-order chi connectivity index (χ0) is 17.2. The average molecular weight is 330 g/mol. The third-order valence-corrected chi connectivity index (χ3v) is 4.06. The van der Waals surface area contributed by atoms with Crippen molar-refractivity contribution in [2.45, 2.75) is 6.54 Å². The normalized spacial score (nSPS) is 10.9. The van der Waals surface area contributed by atoms with Crippen molar-refractivity contribution in [1.82, 2.24) is 9.55 Å². The van der Waals surface area contributed by atoms with E-state index in [9.17, 15) is 9.59 Å². The molecule has 0 bridgehead atoms.